The summed E-state index contributed by atoms with van der Waals surface area (Å²) in [6.45, 7) is 1.98. The molecule has 0 radical (unpaired) electrons. The van der Waals surface area contributed by atoms with Crippen molar-refractivity contribution < 1.29 is 19.1 Å². The summed E-state index contributed by atoms with van der Waals surface area (Å²) < 4.78 is 5.18. The third-order valence-electron chi connectivity index (χ3n) is 4.71. The van der Waals surface area contributed by atoms with Gasteiger partial charge in [0.2, 0.25) is 5.91 Å². The molecule has 3 rings (SSSR count). The van der Waals surface area contributed by atoms with Crippen LogP contribution in [0.4, 0.5) is 0 Å². The van der Waals surface area contributed by atoms with Gasteiger partial charge in [-0.2, -0.15) is 0 Å². The number of esters is 1. The molecule has 0 spiro atoms. The molecule has 0 aromatic carbocycles. The highest BCUT2D eigenvalue weighted by molar-refractivity contribution is 8.00. The Hall–Kier alpha value is -1.89. The van der Waals surface area contributed by atoms with Crippen molar-refractivity contribution in [3.8, 4) is 0 Å². The van der Waals surface area contributed by atoms with Gasteiger partial charge in [-0.25, -0.2) is 9.78 Å². The molecule has 1 saturated carbocycles. The smallest absolute Gasteiger partial charge is 0.339 e. The Bertz CT molecular complexity index is 652. The molecule has 1 aromatic rings. The van der Waals surface area contributed by atoms with Crippen LogP contribution in [-0.2, 0) is 19.1 Å². The number of hydrogen-bond donors (Lipinski definition) is 0. The van der Waals surface area contributed by atoms with E-state index in [4.69, 9.17) is 4.74 Å². The average Bonchev–Trinajstić information content (AvgIpc) is 2.61. The molecule has 0 bridgehead atoms. The molecule has 7 heteroatoms. The number of rotatable bonds is 6. The number of β-lactam (4-membered cyclic amide) rings is 1. The Morgan fingerprint density at radius 3 is 2.88 bits per heavy atom. The lowest BCUT2D eigenvalue weighted by molar-refractivity contribution is -0.163. The quantitative estimate of drug-likeness (QED) is 0.439. The standard InChI is InChI=1S/C18H22N2O4S/c1-2-24-18(23)17(25-15-9-5-6-10-19-15)20-13(11-16(20)22)12-7-3-4-8-14(12)21/h5-6,9-10,12-13,17H,2-4,7-8,11H2,1H3/t12-,13-,17?/m0/s1. The first-order valence-corrected chi connectivity index (χ1v) is 9.58. The second-order valence-corrected chi connectivity index (χ2v) is 7.38. The molecule has 2 fully saturated rings. The molecule has 6 nitrogen and oxygen atoms in total. The van der Waals surface area contributed by atoms with E-state index < -0.39 is 11.3 Å². The van der Waals surface area contributed by atoms with Crippen molar-refractivity contribution in [1.29, 1.82) is 0 Å². The third kappa shape index (κ3) is 3.86. The average molecular weight is 362 g/mol. The largest absolute Gasteiger partial charge is 0.464 e. The van der Waals surface area contributed by atoms with E-state index in [0.717, 1.165) is 19.3 Å². The monoisotopic (exact) mass is 362 g/mol. The number of hydrogen-bond acceptors (Lipinski definition) is 6. The lowest BCUT2D eigenvalue weighted by atomic mass is 9.77. The number of likely N-dealkylation sites (tertiary alicyclic amines) is 1. The molecule has 3 atom stereocenters. The van der Waals surface area contributed by atoms with Crippen LogP contribution in [0.3, 0.4) is 0 Å². The van der Waals surface area contributed by atoms with Gasteiger partial charge in [0, 0.05) is 25.0 Å². The molecule has 1 aliphatic heterocycles. The van der Waals surface area contributed by atoms with Crippen LogP contribution in [0.5, 0.6) is 0 Å². The van der Waals surface area contributed by atoms with Crippen LogP contribution in [0, 0.1) is 5.92 Å². The minimum absolute atomic E-state index is 0.107. The molecular weight excluding hydrogens is 340 g/mol. The lowest BCUT2D eigenvalue weighted by Gasteiger charge is -2.47. The Morgan fingerprint density at radius 2 is 2.24 bits per heavy atom. The van der Waals surface area contributed by atoms with E-state index in [1.807, 2.05) is 6.07 Å². The molecule has 25 heavy (non-hydrogen) atoms. The van der Waals surface area contributed by atoms with Crippen molar-refractivity contribution in [3.05, 3.63) is 24.4 Å². The minimum atomic E-state index is -0.796. The Morgan fingerprint density at radius 1 is 1.40 bits per heavy atom. The highest BCUT2D eigenvalue weighted by atomic mass is 32.2. The van der Waals surface area contributed by atoms with Gasteiger partial charge in [-0.1, -0.05) is 24.2 Å². The van der Waals surface area contributed by atoms with Crippen LogP contribution in [0.15, 0.2) is 29.4 Å². The maximum absolute atomic E-state index is 12.5. The summed E-state index contributed by atoms with van der Waals surface area (Å²) in [7, 11) is 0. The van der Waals surface area contributed by atoms with Crippen LogP contribution in [0.1, 0.15) is 39.0 Å². The van der Waals surface area contributed by atoms with Gasteiger partial charge in [0.25, 0.3) is 0 Å². The predicted molar refractivity (Wildman–Crippen MR) is 92.7 cm³/mol. The number of carbonyl (C=O) groups is 3. The molecule has 1 saturated heterocycles. The van der Waals surface area contributed by atoms with Crippen molar-refractivity contribution >= 4 is 29.4 Å². The molecule has 2 heterocycles. The fourth-order valence-electron chi connectivity index (χ4n) is 3.48. The highest BCUT2D eigenvalue weighted by Crippen LogP contribution is 2.39. The normalized spacial score (nSPS) is 24.6. The second-order valence-electron chi connectivity index (χ2n) is 6.28. The number of carbonyl (C=O) groups excluding carboxylic acids is 3. The SMILES string of the molecule is CCOC(=O)C(Sc1ccccn1)N1C(=O)C[C@H]1[C@@H]1CCCCC1=O. The molecule has 1 aliphatic carbocycles. The van der Waals surface area contributed by atoms with E-state index in [2.05, 4.69) is 4.98 Å². The first-order valence-electron chi connectivity index (χ1n) is 8.70. The van der Waals surface area contributed by atoms with Crippen molar-refractivity contribution in [3.63, 3.8) is 0 Å². The van der Waals surface area contributed by atoms with Crippen molar-refractivity contribution in [1.82, 2.24) is 9.88 Å². The van der Waals surface area contributed by atoms with Crippen LogP contribution in [0.25, 0.3) is 0 Å². The summed E-state index contributed by atoms with van der Waals surface area (Å²) in [6, 6.07) is 5.22. The summed E-state index contributed by atoms with van der Waals surface area (Å²) in [5, 5.41) is -0.148. The zero-order chi connectivity index (χ0) is 17.8. The molecule has 1 unspecified atom stereocenters. The molecule has 1 amide bonds. The maximum atomic E-state index is 12.5. The van der Waals surface area contributed by atoms with Gasteiger partial charge in [0.15, 0.2) is 5.37 Å². The third-order valence-corrected chi connectivity index (χ3v) is 5.83. The van der Waals surface area contributed by atoms with Gasteiger partial charge in [0.05, 0.1) is 17.7 Å². The van der Waals surface area contributed by atoms with E-state index in [9.17, 15) is 14.4 Å². The number of aromatic nitrogens is 1. The number of nitrogens with zero attached hydrogens (tertiary/aromatic N) is 2. The molecule has 1 aromatic heterocycles. The zero-order valence-electron chi connectivity index (χ0n) is 14.2. The highest BCUT2D eigenvalue weighted by Gasteiger charge is 2.50. The first kappa shape index (κ1) is 17.9. The van der Waals surface area contributed by atoms with E-state index in [-0.39, 0.29) is 30.3 Å². The van der Waals surface area contributed by atoms with Gasteiger partial charge in [-0.15, -0.1) is 0 Å². The van der Waals surface area contributed by atoms with Gasteiger partial charge in [-0.05, 0) is 31.9 Å². The van der Waals surface area contributed by atoms with Gasteiger partial charge >= 0.3 is 5.97 Å². The summed E-state index contributed by atoms with van der Waals surface area (Å²) in [5.41, 5.74) is 0. The van der Waals surface area contributed by atoms with E-state index >= 15 is 0 Å². The van der Waals surface area contributed by atoms with Gasteiger partial charge in [-0.3, -0.25) is 9.59 Å². The minimum Gasteiger partial charge on any atom is -0.464 e. The van der Waals surface area contributed by atoms with Crippen LogP contribution in [-0.4, -0.2) is 45.6 Å². The van der Waals surface area contributed by atoms with E-state index in [1.165, 1.54) is 11.8 Å². The van der Waals surface area contributed by atoms with Crippen LogP contribution >= 0.6 is 11.8 Å². The number of ether oxygens (including phenoxy) is 1. The summed E-state index contributed by atoms with van der Waals surface area (Å²) >= 11 is 1.20. The summed E-state index contributed by atoms with van der Waals surface area (Å²) in [6.07, 6.45) is 5.24. The fourth-order valence-corrected chi connectivity index (χ4v) is 4.54. The van der Waals surface area contributed by atoms with Crippen molar-refractivity contribution in [2.24, 2.45) is 5.92 Å². The molecule has 134 valence electrons. The zero-order valence-corrected chi connectivity index (χ0v) is 15.0. The topological polar surface area (TPSA) is 76.6 Å². The Kier molecular flexibility index (Phi) is 5.73. The molecular formula is C18H22N2O4S. The Labute approximate surface area is 151 Å². The van der Waals surface area contributed by atoms with Gasteiger partial charge < -0.3 is 9.64 Å². The number of amides is 1. The lowest BCUT2D eigenvalue weighted by Crippen LogP contribution is -2.62. The number of Topliss-reactive ketones (excluding diaryl/α,β-unsaturated/α-hetero) is 1. The van der Waals surface area contributed by atoms with E-state index in [1.54, 1.807) is 30.2 Å². The van der Waals surface area contributed by atoms with Crippen molar-refractivity contribution in [2.75, 3.05) is 6.61 Å². The Balaban J connectivity index is 1.81. The van der Waals surface area contributed by atoms with E-state index in [0.29, 0.717) is 17.9 Å². The maximum Gasteiger partial charge on any atom is 0.339 e. The first-order chi connectivity index (χ1) is 12.1. The number of thioether (sulfide) groups is 1. The van der Waals surface area contributed by atoms with Crippen LogP contribution in [0.2, 0.25) is 0 Å². The summed E-state index contributed by atoms with van der Waals surface area (Å²) in [5.74, 6) is -0.517. The molecule has 2 aliphatic rings. The van der Waals surface area contributed by atoms with Gasteiger partial charge in [0.1, 0.15) is 5.78 Å². The number of ketones is 1. The van der Waals surface area contributed by atoms with Crippen molar-refractivity contribution in [2.45, 2.75) is 55.5 Å². The molecule has 0 N–H and O–H groups in total. The van der Waals surface area contributed by atoms with Crippen LogP contribution < -0.4 is 0 Å². The number of pyridine rings is 1. The summed E-state index contributed by atoms with van der Waals surface area (Å²) in [4.78, 5) is 42.9. The second kappa shape index (κ2) is 7.99. The predicted octanol–water partition coefficient (Wildman–Crippen LogP) is 2.42. The fraction of sp³-hybridized carbons (Fsp3) is 0.556.